The Bertz CT molecular complexity index is 867. The van der Waals surface area contributed by atoms with Crippen LogP contribution in [0.1, 0.15) is 31.0 Å². The maximum Gasteiger partial charge on any atom is 0.191 e. The summed E-state index contributed by atoms with van der Waals surface area (Å²) in [7, 11) is 1.75. The first-order valence-corrected chi connectivity index (χ1v) is 10.5. The highest BCUT2D eigenvalue weighted by atomic mass is 127. The lowest BCUT2D eigenvalue weighted by molar-refractivity contribution is 0.0529. The summed E-state index contributed by atoms with van der Waals surface area (Å²) in [5, 5.41) is 7.83. The van der Waals surface area contributed by atoms with Gasteiger partial charge >= 0.3 is 0 Å². The number of nitrogens with one attached hydrogen (secondary N) is 2. The van der Waals surface area contributed by atoms with Gasteiger partial charge in [0.15, 0.2) is 5.96 Å². The number of halogens is 3. The van der Waals surface area contributed by atoms with Gasteiger partial charge in [0.05, 0.1) is 28.8 Å². The normalized spacial score (nSPS) is 17.8. The van der Waals surface area contributed by atoms with Crippen LogP contribution in [0.3, 0.4) is 0 Å². The fourth-order valence-electron chi connectivity index (χ4n) is 3.22. The molecule has 0 amide bonds. The van der Waals surface area contributed by atoms with Crippen LogP contribution in [0.5, 0.6) is 0 Å². The molecule has 1 aromatic heterocycles. The summed E-state index contributed by atoms with van der Waals surface area (Å²) < 4.78 is 5.62. The Morgan fingerprint density at radius 1 is 1.30 bits per heavy atom. The topological polar surface area (TPSA) is 61.8 Å². The van der Waals surface area contributed by atoms with Crippen molar-refractivity contribution in [2.24, 2.45) is 4.99 Å². The Balaban J connectivity index is 0.00000320. The number of ether oxygens (including phenoxy) is 1. The number of benzene rings is 1. The largest absolute Gasteiger partial charge is 0.375 e. The van der Waals surface area contributed by atoms with Crippen molar-refractivity contribution in [2.75, 3.05) is 31.6 Å². The highest BCUT2D eigenvalue weighted by Crippen LogP contribution is 2.25. The third-order valence-electron chi connectivity index (χ3n) is 4.86. The van der Waals surface area contributed by atoms with Crippen molar-refractivity contribution in [3.8, 4) is 0 Å². The number of rotatable bonds is 5. The van der Waals surface area contributed by atoms with E-state index in [0.717, 1.165) is 36.6 Å². The Kier molecular flexibility index (Phi) is 9.93. The Hall–Kier alpha value is -1.29. The van der Waals surface area contributed by atoms with E-state index in [1.54, 1.807) is 13.1 Å². The smallest absolute Gasteiger partial charge is 0.191 e. The molecule has 0 saturated carbocycles. The molecular formula is C21H28Cl2IN5O. The van der Waals surface area contributed by atoms with Crippen molar-refractivity contribution in [1.29, 1.82) is 0 Å². The van der Waals surface area contributed by atoms with E-state index in [0.29, 0.717) is 22.5 Å². The molecule has 164 valence electrons. The number of anilines is 1. The highest BCUT2D eigenvalue weighted by Gasteiger charge is 2.18. The molecular weight excluding hydrogens is 536 g/mol. The van der Waals surface area contributed by atoms with E-state index in [9.17, 15) is 0 Å². The van der Waals surface area contributed by atoms with Crippen LogP contribution in [-0.2, 0) is 11.3 Å². The van der Waals surface area contributed by atoms with Crippen molar-refractivity contribution in [3.63, 3.8) is 0 Å². The second-order valence-electron chi connectivity index (χ2n) is 7.12. The standard InChI is InChI=1S/C21H27Cl2N5O.HI/c1-14-13-28(8-9-29-14)20-10-16(6-7-25-20)12-26-21(24-3)27-15(2)17-4-5-18(22)19(23)11-17;/h4-7,10-11,14-15H,8-9,12-13H2,1-3H3,(H2,24,26,27);1H. The van der Waals surface area contributed by atoms with Gasteiger partial charge in [-0.1, -0.05) is 29.3 Å². The predicted octanol–water partition coefficient (Wildman–Crippen LogP) is 4.66. The molecule has 2 atom stereocenters. The molecule has 0 bridgehead atoms. The lowest BCUT2D eigenvalue weighted by Gasteiger charge is -2.32. The third kappa shape index (κ3) is 6.87. The van der Waals surface area contributed by atoms with Gasteiger partial charge in [-0.25, -0.2) is 4.98 Å². The monoisotopic (exact) mass is 563 g/mol. The van der Waals surface area contributed by atoms with Crippen molar-refractivity contribution < 1.29 is 4.74 Å². The van der Waals surface area contributed by atoms with Crippen LogP contribution in [0.25, 0.3) is 0 Å². The number of guanidine groups is 1. The molecule has 1 saturated heterocycles. The zero-order chi connectivity index (χ0) is 20.8. The molecule has 2 unspecified atom stereocenters. The summed E-state index contributed by atoms with van der Waals surface area (Å²) in [6.45, 7) is 7.23. The van der Waals surface area contributed by atoms with Gasteiger partial charge in [-0.05, 0) is 49.2 Å². The van der Waals surface area contributed by atoms with Gasteiger partial charge in [-0.3, -0.25) is 4.99 Å². The van der Waals surface area contributed by atoms with E-state index in [1.165, 1.54) is 0 Å². The Labute approximate surface area is 205 Å². The zero-order valence-electron chi connectivity index (χ0n) is 17.4. The van der Waals surface area contributed by atoms with Crippen LogP contribution in [0.4, 0.5) is 5.82 Å². The molecule has 3 rings (SSSR count). The fourth-order valence-corrected chi connectivity index (χ4v) is 3.53. The van der Waals surface area contributed by atoms with E-state index in [1.807, 2.05) is 24.4 Å². The van der Waals surface area contributed by atoms with Gasteiger partial charge in [0.25, 0.3) is 0 Å². The number of pyridine rings is 1. The van der Waals surface area contributed by atoms with E-state index in [4.69, 9.17) is 27.9 Å². The van der Waals surface area contributed by atoms with Gasteiger partial charge in [-0.2, -0.15) is 0 Å². The lowest BCUT2D eigenvalue weighted by atomic mass is 10.1. The summed E-state index contributed by atoms with van der Waals surface area (Å²) in [5.41, 5.74) is 2.18. The van der Waals surface area contributed by atoms with Gasteiger partial charge in [0, 0.05) is 32.9 Å². The molecule has 30 heavy (non-hydrogen) atoms. The highest BCUT2D eigenvalue weighted by molar-refractivity contribution is 14.0. The molecule has 9 heteroatoms. The van der Waals surface area contributed by atoms with Crippen LogP contribution in [-0.4, -0.2) is 43.8 Å². The third-order valence-corrected chi connectivity index (χ3v) is 5.59. The number of hydrogen-bond acceptors (Lipinski definition) is 4. The first-order chi connectivity index (χ1) is 14.0. The molecule has 1 aromatic carbocycles. The number of aromatic nitrogens is 1. The predicted molar refractivity (Wildman–Crippen MR) is 135 cm³/mol. The van der Waals surface area contributed by atoms with Gasteiger partial charge in [0.2, 0.25) is 0 Å². The minimum atomic E-state index is 0. The number of hydrogen-bond donors (Lipinski definition) is 2. The number of aliphatic imine (C=N–C) groups is 1. The molecule has 6 nitrogen and oxygen atoms in total. The summed E-state index contributed by atoms with van der Waals surface area (Å²) in [4.78, 5) is 11.1. The van der Waals surface area contributed by atoms with Gasteiger partial charge in [0.1, 0.15) is 5.82 Å². The lowest BCUT2D eigenvalue weighted by Crippen LogP contribution is -2.41. The summed E-state index contributed by atoms with van der Waals surface area (Å²) >= 11 is 12.1. The second kappa shape index (κ2) is 11.9. The van der Waals surface area contributed by atoms with Crippen LogP contribution in [0.15, 0.2) is 41.5 Å². The van der Waals surface area contributed by atoms with Crippen LogP contribution >= 0.6 is 47.2 Å². The first-order valence-electron chi connectivity index (χ1n) is 9.70. The maximum atomic E-state index is 6.13. The molecule has 1 aliphatic rings. The van der Waals surface area contributed by atoms with E-state index in [2.05, 4.69) is 45.4 Å². The Morgan fingerprint density at radius 2 is 2.10 bits per heavy atom. The van der Waals surface area contributed by atoms with E-state index >= 15 is 0 Å². The van der Waals surface area contributed by atoms with Crippen LogP contribution in [0.2, 0.25) is 10.0 Å². The molecule has 2 aromatic rings. The molecule has 1 fully saturated rings. The molecule has 2 N–H and O–H groups in total. The summed E-state index contributed by atoms with van der Waals surface area (Å²) in [6, 6.07) is 9.78. The minimum absolute atomic E-state index is 0. The van der Waals surface area contributed by atoms with Gasteiger partial charge < -0.3 is 20.3 Å². The van der Waals surface area contributed by atoms with E-state index < -0.39 is 0 Å². The summed E-state index contributed by atoms with van der Waals surface area (Å²) in [6.07, 6.45) is 2.07. The summed E-state index contributed by atoms with van der Waals surface area (Å²) in [5.74, 6) is 1.69. The van der Waals surface area contributed by atoms with Crippen molar-refractivity contribution in [1.82, 2.24) is 15.6 Å². The molecule has 0 spiro atoms. The molecule has 0 aliphatic carbocycles. The van der Waals surface area contributed by atoms with Gasteiger partial charge in [-0.15, -0.1) is 24.0 Å². The first kappa shape index (κ1) is 25.0. The van der Waals surface area contributed by atoms with E-state index in [-0.39, 0.29) is 36.1 Å². The van der Waals surface area contributed by atoms with Crippen LogP contribution < -0.4 is 15.5 Å². The minimum Gasteiger partial charge on any atom is -0.375 e. The van der Waals surface area contributed by atoms with Crippen molar-refractivity contribution in [3.05, 3.63) is 57.7 Å². The zero-order valence-corrected chi connectivity index (χ0v) is 21.2. The Morgan fingerprint density at radius 3 is 2.80 bits per heavy atom. The van der Waals surface area contributed by atoms with Crippen molar-refractivity contribution in [2.45, 2.75) is 32.5 Å². The fraction of sp³-hybridized carbons (Fsp3) is 0.429. The average molecular weight is 564 g/mol. The van der Waals surface area contributed by atoms with Crippen LogP contribution in [0, 0.1) is 0 Å². The molecule has 1 aliphatic heterocycles. The molecule has 0 radical (unpaired) electrons. The maximum absolute atomic E-state index is 6.13. The quantitative estimate of drug-likeness (QED) is 0.315. The van der Waals surface area contributed by atoms with Crippen molar-refractivity contribution >= 4 is 59.0 Å². The molecule has 2 heterocycles. The average Bonchev–Trinajstić information content (AvgIpc) is 2.73. The second-order valence-corrected chi connectivity index (χ2v) is 7.93. The SMILES string of the molecule is CN=C(NCc1ccnc(N2CCOC(C)C2)c1)NC(C)c1ccc(Cl)c(Cl)c1.I. The number of nitrogens with zero attached hydrogens (tertiary/aromatic N) is 3. The number of morpholine rings is 1.